The van der Waals surface area contributed by atoms with Gasteiger partial charge in [0.15, 0.2) is 0 Å². The molecule has 1 saturated heterocycles. The minimum absolute atomic E-state index is 0.0726. The van der Waals surface area contributed by atoms with Gasteiger partial charge < -0.3 is 10.6 Å². The molecule has 1 aliphatic heterocycles. The maximum atomic E-state index is 13.0. The van der Waals surface area contributed by atoms with Crippen molar-refractivity contribution in [1.29, 1.82) is 0 Å². The highest BCUT2D eigenvalue weighted by Crippen LogP contribution is 2.15. The largest absolute Gasteiger partial charge is 0.351 e. The number of hydrogen-bond acceptors (Lipinski definition) is 4. The van der Waals surface area contributed by atoms with E-state index in [-0.39, 0.29) is 17.9 Å². The molecule has 1 fully saturated rings. The van der Waals surface area contributed by atoms with Crippen molar-refractivity contribution in [2.75, 3.05) is 25.1 Å². The van der Waals surface area contributed by atoms with Crippen molar-refractivity contribution in [2.24, 2.45) is 0 Å². The Labute approximate surface area is 190 Å². The average Bonchev–Trinajstić information content (AvgIpc) is 2.78. The number of carbonyl (C=O) groups is 2. The number of benzene rings is 2. The summed E-state index contributed by atoms with van der Waals surface area (Å²) in [5.74, 6) is 0.557. The van der Waals surface area contributed by atoms with Gasteiger partial charge in [0, 0.05) is 31.2 Å². The highest BCUT2D eigenvalue weighted by atomic mass is 32.2. The fraction of sp³-hybridized carbons (Fsp3) is 0.440. The molecule has 6 heteroatoms. The minimum Gasteiger partial charge on any atom is -0.351 e. The molecule has 2 aromatic carbocycles. The van der Waals surface area contributed by atoms with Crippen molar-refractivity contribution in [3.63, 3.8) is 0 Å². The van der Waals surface area contributed by atoms with Crippen LogP contribution in [0, 0.1) is 6.92 Å². The van der Waals surface area contributed by atoms with Gasteiger partial charge in [0.25, 0.3) is 5.91 Å². The van der Waals surface area contributed by atoms with Gasteiger partial charge in [-0.25, -0.2) is 0 Å². The molecule has 2 N–H and O–H groups in total. The lowest BCUT2D eigenvalue weighted by atomic mass is 10.0. The lowest BCUT2D eigenvalue weighted by molar-refractivity contribution is -0.124. The molecule has 0 bridgehead atoms. The van der Waals surface area contributed by atoms with Crippen LogP contribution in [0.2, 0.25) is 0 Å². The second-order valence-electron chi connectivity index (χ2n) is 8.22. The minimum atomic E-state index is -0.511. The van der Waals surface area contributed by atoms with Gasteiger partial charge in [0.2, 0.25) is 5.91 Å². The number of aryl methyl sites for hydroxylation is 1. The van der Waals surface area contributed by atoms with Crippen molar-refractivity contribution in [2.45, 2.75) is 44.8 Å². The fourth-order valence-electron chi connectivity index (χ4n) is 3.91. The first-order chi connectivity index (χ1) is 15.0. The van der Waals surface area contributed by atoms with E-state index >= 15 is 0 Å². The van der Waals surface area contributed by atoms with Crippen LogP contribution in [0.5, 0.6) is 0 Å². The number of thioether (sulfide) groups is 1. The van der Waals surface area contributed by atoms with E-state index in [9.17, 15) is 9.59 Å². The normalized spacial score (nSPS) is 15.9. The van der Waals surface area contributed by atoms with Gasteiger partial charge in [-0.1, -0.05) is 48.0 Å². The SMILES string of the molecule is CSCCC(NC(=O)c1cccc(C)c1)C(=O)NC1CCN(Cc2ccccc2)CC1. The molecule has 1 unspecified atom stereocenters. The van der Waals surface area contributed by atoms with Crippen molar-refractivity contribution in [1.82, 2.24) is 15.5 Å². The predicted octanol–water partition coefficient (Wildman–Crippen LogP) is 3.63. The number of likely N-dealkylation sites (tertiary alicyclic amines) is 1. The Morgan fingerprint density at radius 1 is 1.10 bits per heavy atom. The Morgan fingerprint density at radius 3 is 2.52 bits per heavy atom. The van der Waals surface area contributed by atoms with E-state index in [0.29, 0.717) is 12.0 Å². The van der Waals surface area contributed by atoms with E-state index in [1.807, 2.05) is 37.4 Å². The molecule has 5 nitrogen and oxygen atoms in total. The molecule has 31 heavy (non-hydrogen) atoms. The van der Waals surface area contributed by atoms with E-state index in [4.69, 9.17) is 0 Å². The summed E-state index contributed by atoms with van der Waals surface area (Å²) in [4.78, 5) is 28.1. The van der Waals surface area contributed by atoms with Crippen molar-refractivity contribution < 1.29 is 9.59 Å². The first-order valence-electron chi connectivity index (χ1n) is 11.0. The smallest absolute Gasteiger partial charge is 0.251 e. The Morgan fingerprint density at radius 2 is 1.84 bits per heavy atom. The lowest BCUT2D eigenvalue weighted by Gasteiger charge is -2.33. The summed E-state index contributed by atoms with van der Waals surface area (Å²) in [7, 11) is 0. The first kappa shape index (κ1) is 23.4. The van der Waals surface area contributed by atoms with Crippen molar-refractivity contribution in [3.05, 3.63) is 71.3 Å². The van der Waals surface area contributed by atoms with Crippen LogP contribution < -0.4 is 10.6 Å². The molecule has 0 radical (unpaired) electrons. The first-order valence-corrected chi connectivity index (χ1v) is 12.4. The molecule has 1 atom stereocenters. The van der Waals surface area contributed by atoms with Crippen LogP contribution in [-0.4, -0.2) is 53.9 Å². The number of piperidine rings is 1. The second kappa shape index (κ2) is 11.9. The number of rotatable bonds is 9. The third-order valence-electron chi connectivity index (χ3n) is 5.70. The number of nitrogens with one attached hydrogen (secondary N) is 2. The molecule has 1 aliphatic rings. The zero-order chi connectivity index (χ0) is 22.1. The maximum absolute atomic E-state index is 13.0. The topological polar surface area (TPSA) is 61.4 Å². The van der Waals surface area contributed by atoms with Gasteiger partial charge in [0.1, 0.15) is 6.04 Å². The second-order valence-corrected chi connectivity index (χ2v) is 9.21. The summed E-state index contributed by atoms with van der Waals surface area (Å²) >= 11 is 1.68. The van der Waals surface area contributed by atoms with E-state index < -0.39 is 6.04 Å². The summed E-state index contributed by atoms with van der Waals surface area (Å²) in [5.41, 5.74) is 2.94. The molecular formula is C25H33N3O2S. The zero-order valence-electron chi connectivity index (χ0n) is 18.5. The van der Waals surface area contributed by atoms with E-state index in [1.54, 1.807) is 17.8 Å². The van der Waals surface area contributed by atoms with Crippen LogP contribution in [0.15, 0.2) is 54.6 Å². The molecule has 166 valence electrons. The molecule has 0 aromatic heterocycles. The number of nitrogens with zero attached hydrogens (tertiary/aromatic N) is 1. The van der Waals surface area contributed by atoms with Crippen LogP contribution in [0.25, 0.3) is 0 Å². The number of hydrogen-bond donors (Lipinski definition) is 2. The fourth-order valence-corrected chi connectivity index (χ4v) is 4.38. The highest BCUT2D eigenvalue weighted by Gasteiger charge is 2.26. The third kappa shape index (κ3) is 7.40. The Balaban J connectivity index is 1.51. The van der Waals surface area contributed by atoms with Gasteiger partial charge in [-0.2, -0.15) is 11.8 Å². The number of carbonyl (C=O) groups excluding carboxylic acids is 2. The average molecular weight is 440 g/mol. The summed E-state index contributed by atoms with van der Waals surface area (Å²) < 4.78 is 0. The molecule has 0 aliphatic carbocycles. The standard InChI is InChI=1S/C25H33N3O2S/c1-19-7-6-10-21(17-19)24(29)27-23(13-16-31-2)25(30)26-22-11-14-28(15-12-22)18-20-8-4-3-5-9-20/h3-10,17,22-23H,11-16,18H2,1-2H3,(H,26,30)(H,27,29). The van der Waals surface area contributed by atoms with Gasteiger partial charge in [0.05, 0.1) is 0 Å². The molecule has 2 amide bonds. The van der Waals surface area contributed by atoms with Crippen LogP contribution in [0.3, 0.4) is 0 Å². The van der Waals surface area contributed by atoms with Crippen LogP contribution >= 0.6 is 11.8 Å². The Bertz CT molecular complexity index is 851. The maximum Gasteiger partial charge on any atom is 0.251 e. The molecule has 0 spiro atoms. The van der Waals surface area contributed by atoms with E-state index in [1.165, 1.54) is 5.56 Å². The van der Waals surface area contributed by atoms with E-state index in [2.05, 4.69) is 39.8 Å². The molecule has 1 heterocycles. The zero-order valence-corrected chi connectivity index (χ0v) is 19.3. The summed E-state index contributed by atoms with van der Waals surface area (Å²) in [6, 6.07) is 17.6. The molecule has 0 saturated carbocycles. The van der Waals surface area contributed by atoms with Gasteiger partial charge in [-0.05, 0) is 55.9 Å². The molecule has 2 aromatic rings. The highest BCUT2D eigenvalue weighted by molar-refractivity contribution is 7.98. The van der Waals surface area contributed by atoms with Crippen molar-refractivity contribution >= 4 is 23.6 Å². The molecular weight excluding hydrogens is 406 g/mol. The summed E-state index contributed by atoms with van der Waals surface area (Å²) in [6.07, 6.45) is 4.50. The monoisotopic (exact) mass is 439 g/mol. The predicted molar refractivity (Wildman–Crippen MR) is 128 cm³/mol. The van der Waals surface area contributed by atoms with Crippen LogP contribution in [0.1, 0.15) is 40.7 Å². The number of amides is 2. The van der Waals surface area contributed by atoms with Gasteiger partial charge in [-0.15, -0.1) is 0 Å². The van der Waals surface area contributed by atoms with Crippen LogP contribution in [-0.2, 0) is 11.3 Å². The third-order valence-corrected chi connectivity index (χ3v) is 6.34. The summed E-state index contributed by atoms with van der Waals surface area (Å²) in [6.45, 7) is 4.83. The van der Waals surface area contributed by atoms with Gasteiger partial charge in [-0.3, -0.25) is 14.5 Å². The summed E-state index contributed by atoms with van der Waals surface area (Å²) in [5, 5.41) is 6.14. The molecule has 3 rings (SSSR count). The van der Waals surface area contributed by atoms with E-state index in [0.717, 1.165) is 43.8 Å². The van der Waals surface area contributed by atoms with Crippen molar-refractivity contribution in [3.8, 4) is 0 Å². The quantitative estimate of drug-likeness (QED) is 0.626. The Hall–Kier alpha value is -2.31. The van der Waals surface area contributed by atoms with Gasteiger partial charge >= 0.3 is 0 Å². The Kier molecular flexibility index (Phi) is 8.98. The van der Waals surface area contributed by atoms with Crippen LogP contribution in [0.4, 0.5) is 0 Å². The lowest BCUT2D eigenvalue weighted by Crippen LogP contribution is -2.52.